The van der Waals surface area contributed by atoms with Gasteiger partial charge in [0.1, 0.15) is 11.5 Å². The van der Waals surface area contributed by atoms with Gasteiger partial charge in [-0.05, 0) is 43.0 Å². The Morgan fingerprint density at radius 1 is 1.25 bits per heavy atom. The summed E-state index contributed by atoms with van der Waals surface area (Å²) in [5, 5.41) is 9.65. The van der Waals surface area contributed by atoms with Gasteiger partial charge >= 0.3 is 0 Å². The number of aliphatic hydroxyl groups is 1. The van der Waals surface area contributed by atoms with Crippen LogP contribution < -0.4 is 9.47 Å². The Kier molecular flexibility index (Phi) is 3.67. The van der Waals surface area contributed by atoms with Gasteiger partial charge < -0.3 is 14.6 Å². The topological polar surface area (TPSA) is 38.7 Å². The van der Waals surface area contributed by atoms with E-state index in [1.165, 1.54) is 12.8 Å². The van der Waals surface area contributed by atoms with Gasteiger partial charge in [-0.25, -0.2) is 0 Å². The van der Waals surface area contributed by atoms with Crippen molar-refractivity contribution in [2.75, 3.05) is 13.7 Å². The summed E-state index contributed by atoms with van der Waals surface area (Å²) < 4.78 is 10.6. The van der Waals surface area contributed by atoms with Crippen LogP contribution >= 0.6 is 0 Å². The standard InChI is InChI=1S/C13H18O3/c1-15-11-4-6-12(7-5-11)16-9-8-13(14)10-2-3-10/h4-7,10,13-14H,2-3,8-9H2,1H3. The Labute approximate surface area is 96.0 Å². The Bertz CT molecular complexity index is 316. The third-order valence-electron chi connectivity index (χ3n) is 2.91. The highest BCUT2D eigenvalue weighted by Gasteiger charge is 2.29. The zero-order chi connectivity index (χ0) is 11.4. The van der Waals surface area contributed by atoms with Crippen LogP contribution in [0.5, 0.6) is 11.5 Å². The molecule has 1 aromatic carbocycles. The lowest BCUT2D eigenvalue weighted by atomic mass is 10.2. The molecule has 1 aromatic rings. The average molecular weight is 222 g/mol. The van der Waals surface area contributed by atoms with E-state index in [0.717, 1.165) is 17.9 Å². The van der Waals surface area contributed by atoms with Crippen LogP contribution in [0.15, 0.2) is 24.3 Å². The Morgan fingerprint density at radius 3 is 2.44 bits per heavy atom. The fourth-order valence-electron chi connectivity index (χ4n) is 1.69. The normalized spacial score (nSPS) is 16.9. The Morgan fingerprint density at radius 2 is 1.88 bits per heavy atom. The number of aliphatic hydroxyl groups excluding tert-OH is 1. The van der Waals surface area contributed by atoms with Crippen LogP contribution in [-0.2, 0) is 0 Å². The summed E-state index contributed by atoms with van der Waals surface area (Å²) >= 11 is 0. The Hall–Kier alpha value is -1.22. The van der Waals surface area contributed by atoms with Crippen molar-refractivity contribution >= 4 is 0 Å². The van der Waals surface area contributed by atoms with Gasteiger partial charge in [-0.1, -0.05) is 0 Å². The third-order valence-corrected chi connectivity index (χ3v) is 2.91. The Balaban J connectivity index is 1.71. The molecule has 0 aliphatic heterocycles. The molecule has 0 spiro atoms. The van der Waals surface area contributed by atoms with E-state index in [2.05, 4.69) is 0 Å². The minimum absolute atomic E-state index is 0.182. The maximum absolute atomic E-state index is 9.65. The molecule has 2 rings (SSSR count). The van der Waals surface area contributed by atoms with Crippen molar-refractivity contribution in [1.82, 2.24) is 0 Å². The van der Waals surface area contributed by atoms with Gasteiger partial charge in [0.05, 0.1) is 19.8 Å². The van der Waals surface area contributed by atoms with Crippen LogP contribution in [0.2, 0.25) is 0 Å². The highest BCUT2D eigenvalue weighted by Crippen LogP contribution is 2.33. The molecule has 1 atom stereocenters. The molecule has 3 heteroatoms. The first kappa shape index (κ1) is 11.3. The van der Waals surface area contributed by atoms with Crippen molar-refractivity contribution in [1.29, 1.82) is 0 Å². The molecule has 0 saturated heterocycles. The second kappa shape index (κ2) is 5.21. The predicted octanol–water partition coefficient (Wildman–Crippen LogP) is 2.24. The van der Waals surface area contributed by atoms with Crippen LogP contribution in [0, 0.1) is 5.92 Å². The maximum atomic E-state index is 9.65. The monoisotopic (exact) mass is 222 g/mol. The van der Waals surface area contributed by atoms with Gasteiger partial charge in [0, 0.05) is 6.42 Å². The van der Waals surface area contributed by atoms with E-state index in [4.69, 9.17) is 9.47 Å². The predicted molar refractivity (Wildman–Crippen MR) is 61.8 cm³/mol. The van der Waals surface area contributed by atoms with Crippen LogP contribution in [0.1, 0.15) is 19.3 Å². The zero-order valence-electron chi connectivity index (χ0n) is 9.56. The van der Waals surface area contributed by atoms with Crippen molar-refractivity contribution < 1.29 is 14.6 Å². The fourth-order valence-corrected chi connectivity index (χ4v) is 1.69. The molecule has 1 fully saturated rings. The molecule has 0 heterocycles. The number of hydrogen-bond acceptors (Lipinski definition) is 3. The molecular formula is C13H18O3. The summed E-state index contributed by atoms with van der Waals surface area (Å²) in [6.07, 6.45) is 2.88. The van der Waals surface area contributed by atoms with Crippen molar-refractivity contribution in [3.8, 4) is 11.5 Å². The summed E-state index contributed by atoms with van der Waals surface area (Å²) in [6, 6.07) is 7.49. The van der Waals surface area contributed by atoms with Crippen LogP contribution in [0.4, 0.5) is 0 Å². The maximum Gasteiger partial charge on any atom is 0.119 e. The summed E-state index contributed by atoms with van der Waals surface area (Å²) in [6.45, 7) is 0.573. The third kappa shape index (κ3) is 3.14. The quantitative estimate of drug-likeness (QED) is 0.802. The summed E-state index contributed by atoms with van der Waals surface area (Å²) in [5.74, 6) is 2.17. The highest BCUT2D eigenvalue weighted by molar-refractivity contribution is 5.31. The van der Waals surface area contributed by atoms with Crippen LogP contribution in [-0.4, -0.2) is 24.9 Å². The van der Waals surface area contributed by atoms with Gasteiger partial charge in [0.15, 0.2) is 0 Å². The number of rotatable bonds is 6. The largest absolute Gasteiger partial charge is 0.497 e. The lowest BCUT2D eigenvalue weighted by Crippen LogP contribution is -2.13. The van der Waals surface area contributed by atoms with Gasteiger partial charge in [0.25, 0.3) is 0 Å². The van der Waals surface area contributed by atoms with E-state index in [0.29, 0.717) is 12.5 Å². The second-order valence-electron chi connectivity index (χ2n) is 4.22. The fraction of sp³-hybridized carbons (Fsp3) is 0.538. The first-order chi connectivity index (χ1) is 7.79. The molecule has 0 bridgehead atoms. The van der Waals surface area contributed by atoms with E-state index in [9.17, 15) is 5.11 Å². The minimum atomic E-state index is -0.182. The van der Waals surface area contributed by atoms with Crippen LogP contribution in [0.3, 0.4) is 0 Å². The van der Waals surface area contributed by atoms with Gasteiger partial charge in [0.2, 0.25) is 0 Å². The molecule has 1 aliphatic rings. The molecule has 1 unspecified atom stereocenters. The molecule has 88 valence electrons. The van der Waals surface area contributed by atoms with Crippen LogP contribution in [0.25, 0.3) is 0 Å². The minimum Gasteiger partial charge on any atom is -0.497 e. The number of ether oxygens (including phenoxy) is 2. The zero-order valence-corrected chi connectivity index (χ0v) is 9.56. The molecule has 0 amide bonds. The van der Waals surface area contributed by atoms with Gasteiger partial charge in [-0.15, -0.1) is 0 Å². The molecule has 3 nitrogen and oxygen atoms in total. The smallest absolute Gasteiger partial charge is 0.119 e. The summed E-state index contributed by atoms with van der Waals surface area (Å²) in [5.41, 5.74) is 0. The lowest BCUT2D eigenvalue weighted by molar-refractivity contribution is 0.119. The van der Waals surface area contributed by atoms with E-state index in [1.54, 1.807) is 7.11 Å². The van der Waals surface area contributed by atoms with Gasteiger partial charge in [-0.3, -0.25) is 0 Å². The number of benzene rings is 1. The molecule has 16 heavy (non-hydrogen) atoms. The summed E-state index contributed by atoms with van der Waals surface area (Å²) in [7, 11) is 1.64. The number of hydrogen-bond donors (Lipinski definition) is 1. The van der Waals surface area contributed by atoms with Gasteiger partial charge in [-0.2, -0.15) is 0 Å². The van der Waals surface area contributed by atoms with Crippen molar-refractivity contribution in [2.24, 2.45) is 5.92 Å². The second-order valence-corrected chi connectivity index (χ2v) is 4.22. The first-order valence-electron chi connectivity index (χ1n) is 5.74. The van der Waals surface area contributed by atoms with E-state index < -0.39 is 0 Å². The molecule has 1 saturated carbocycles. The lowest BCUT2D eigenvalue weighted by Gasteiger charge is -2.10. The van der Waals surface area contributed by atoms with Crippen molar-refractivity contribution in [3.05, 3.63) is 24.3 Å². The van der Waals surface area contributed by atoms with Crippen molar-refractivity contribution in [2.45, 2.75) is 25.4 Å². The van der Waals surface area contributed by atoms with E-state index in [1.807, 2.05) is 24.3 Å². The molecule has 1 N–H and O–H groups in total. The average Bonchev–Trinajstić information content (AvgIpc) is 3.14. The molecule has 1 aliphatic carbocycles. The SMILES string of the molecule is COc1ccc(OCCC(O)C2CC2)cc1. The molecular weight excluding hydrogens is 204 g/mol. The van der Waals surface area contributed by atoms with Crippen molar-refractivity contribution in [3.63, 3.8) is 0 Å². The highest BCUT2D eigenvalue weighted by atomic mass is 16.5. The number of methoxy groups -OCH3 is 1. The van der Waals surface area contributed by atoms with E-state index in [-0.39, 0.29) is 6.10 Å². The first-order valence-corrected chi connectivity index (χ1v) is 5.74. The molecule has 0 radical (unpaired) electrons. The summed E-state index contributed by atoms with van der Waals surface area (Å²) in [4.78, 5) is 0. The van der Waals surface area contributed by atoms with E-state index >= 15 is 0 Å². The molecule has 0 aromatic heterocycles.